The summed E-state index contributed by atoms with van der Waals surface area (Å²) in [4.78, 5) is 54.4. The number of hydrogen-bond donors (Lipinski definition) is 2. The third-order valence-corrected chi connectivity index (χ3v) is 0.642. The van der Waals surface area contributed by atoms with E-state index in [1.165, 1.54) is 0 Å². The number of aliphatic carboxylic acids is 6. The molecule has 0 saturated heterocycles. The molecule has 0 spiro atoms. The van der Waals surface area contributed by atoms with Gasteiger partial charge in [-0.2, -0.15) is 0 Å². The van der Waals surface area contributed by atoms with Crippen LogP contribution >= 0.6 is 0 Å². The quantitative estimate of drug-likeness (QED) is 0.318. The summed E-state index contributed by atoms with van der Waals surface area (Å²) >= 11 is 0. The van der Waals surface area contributed by atoms with E-state index in [2.05, 4.69) is 10.6 Å². The zero-order valence-electron chi connectivity index (χ0n) is 18.4. The molecule has 168 valence electrons. The summed E-state index contributed by atoms with van der Waals surface area (Å²) < 4.78 is 0. The molecule has 0 unspecified atom stereocenters. The Hall–Kier alpha value is 0.519. The molecule has 0 fully saturated rings. The van der Waals surface area contributed by atoms with Crippen LogP contribution < -0.4 is 41.3 Å². The third-order valence-electron chi connectivity index (χ3n) is 0.642. The fourth-order valence-corrected chi connectivity index (χ4v) is 0.289. The molecule has 0 rings (SSSR count). The van der Waals surface area contributed by atoms with Crippen LogP contribution in [0.4, 0.5) is 0 Å². The van der Waals surface area contributed by atoms with Gasteiger partial charge in [0.05, 0.1) is 11.9 Å². The minimum absolute atomic E-state index is 0. The average Bonchev–Trinajstić information content (AvgIpc) is 2.35. The Morgan fingerprint density at radius 1 is 0.484 bits per heavy atom. The van der Waals surface area contributed by atoms with Gasteiger partial charge >= 0.3 is 113 Å². The van der Waals surface area contributed by atoms with E-state index in [4.69, 9.17) is 39.6 Å². The summed E-state index contributed by atoms with van der Waals surface area (Å²) in [6, 6.07) is 0. The maximum Gasteiger partial charge on any atom is 2.00 e. The van der Waals surface area contributed by atoms with Crippen LogP contribution in [0.5, 0.6) is 0 Å². The zero-order chi connectivity index (χ0) is 24.3. The molecule has 31 heavy (non-hydrogen) atoms. The molecule has 0 aliphatic carbocycles. The van der Waals surface area contributed by atoms with Gasteiger partial charge in [0, 0.05) is 37.0 Å². The molecular formula is C14H24Ca3N2O12. The first-order chi connectivity index (χ1) is 12.5. The van der Waals surface area contributed by atoms with Crippen LogP contribution in [-0.4, -0.2) is 176 Å². The van der Waals surface area contributed by atoms with Gasteiger partial charge in [0.25, 0.3) is 0 Å². The van der Waals surface area contributed by atoms with Crippen LogP contribution in [0.3, 0.4) is 0 Å². The molecule has 2 N–H and O–H groups in total. The van der Waals surface area contributed by atoms with Crippen molar-refractivity contribution >= 4 is 149 Å². The topological polar surface area (TPSA) is 265 Å². The van der Waals surface area contributed by atoms with Crippen molar-refractivity contribution in [3.63, 3.8) is 0 Å². The van der Waals surface area contributed by atoms with Gasteiger partial charge in [-0.05, 0) is 41.8 Å². The molecule has 0 bridgehead atoms. The molecule has 0 aliphatic rings. The van der Waals surface area contributed by atoms with E-state index >= 15 is 0 Å². The molecule has 0 aromatic heterocycles. The molecule has 0 aromatic rings. The van der Waals surface area contributed by atoms with Crippen molar-refractivity contribution in [2.24, 2.45) is 0 Å². The first kappa shape index (κ1) is 57.9. The van der Waals surface area contributed by atoms with E-state index in [0.29, 0.717) is 0 Å². The molecule has 0 amide bonds. The predicted molar refractivity (Wildman–Crippen MR) is 97.9 cm³/mol. The van der Waals surface area contributed by atoms with E-state index in [1.54, 1.807) is 14.1 Å². The van der Waals surface area contributed by atoms with E-state index in [9.17, 15) is 19.8 Å². The second kappa shape index (κ2) is 52.4. The molecule has 14 nitrogen and oxygen atoms in total. The van der Waals surface area contributed by atoms with Gasteiger partial charge in [-0.1, -0.05) is 0 Å². The molecule has 17 heteroatoms. The number of carbonyl (C=O) groups is 6. The Morgan fingerprint density at radius 2 is 0.581 bits per heavy atom. The summed E-state index contributed by atoms with van der Waals surface area (Å²) in [5.41, 5.74) is 0. The Balaban J connectivity index is -0.0000000265. The molecule has 0 aromatic carbocycles. The molecule has 0 atom stereocenters. The van der Waals surface area contributed by atoms with Crippen molar-refractivity contribution in [2.45, 2.75) is 27.7 Å². The van der Waals surface area contributed by atoms with E-state index in [-0.39, 0.29) is 126 Å². The fraction of sp³-hybridized carbons (Fsp3) is 0.571. The van der Waals surface area contributed by atoms with Crippen molar-refractivity contribution in [1.29, 1.82) is 0 Å². The summed E-state index contributed by atoms with van der Waals surface area (Å²) in [6.45, 7) is 3.75. The normalized spacial score (nSPS) is 6.39. The van der Waals surface area contributed by atoms with Gasteiger partial charge in [-0.3, -0.25) is 0 Å². The number of hydrogen-bond acceptors (Lipinski definition) is 14. The number of rotatable bonds is 4. The first-order valence-corrected chi connectivity index (χ1v) is 6.86. The number of nitrogens with one attached hydrogen (secondary N) is 2. The second-order valence-electron chi connectivity index (χ2n) is 3.77. The van der Waals surface area contributed by atoms with Crippen molar-refractivity contribution in [1.82, 2.24) is 10.6 Å². The number of carboxylic acids is 6. The van der Waals surface area contributed by atoms with Crippen molar-refractivity contribution in [3.05, 3.63) is 0 Å². The SMILES string of the molecule is CC(=O)[O-].CC(=O)[O-].CC(=O)[O-].CC(=O)[O-].CNCC(=O)[O-].CNCC(=O)[O-].[Ca+2].[Ca+2].[Ca+2]. The van der Waals surface area contributed by atoms with E-state index in [1.807, 2.05) is 0 Å². The summed E-state index contributed by atoms with van der Waals surface area (Å²) in [5.74, 6) is -6.48. The van der Waals surface area contributed by atoms with Gasteiger partial charge in [-0.25, -0.2) is 0 Å². The summed E-state index contributed by atoms with van der Waals surface area (Å²) in [6.07, 6.45) is 0. The Bertz CT molecular complexity index is 372. The molecular weight excluding hydrogens is 508 g/mol. The maximum atomic E-state index is 9.43. The smallest absolute Gasteiger partial charge is 0.550 e. The van der Waals surface area contributed by atoms with Gasteiger partial charge in [0.1, 0.15) is 0 Å². The third kappa shape index (κ3) is 584. The van der Waals surface area contributed by atoms with Crippen LogP contribution in [0, 0.1) is 0 Å². The predicted octanol–water partition coefficient (Wildman–Crippen LogP) is -10.2. The van der Waals surface area contributed by atoms with Gasteiger partial charge in [-0.15, -0.1) is 0 Å². The fourth-order valence-electron chi connectivity index (χ4n) is 0.289. The van der Waals surface area contributed by atoms with E-state index < -0.39 is 35.8 Å². The second-order valence-corrected chi connectivity index (χ2v) is 3.77. The van der Waals surface area contributed by atoms with Crippen LogP contribution in [0.1, 0.15) is 27.7 Å². The minimum Gasteiger partial charge on any atom is -0.550 e. The standard InChI is InChI=1S/2C3H7NO2.4C2H4O2.3Ca/c2*1-4-2-3(5)6;4*1-2(3)4;;;/h2*4H,2H2,1H3,(H,5,6);4*1H3,(H,3,4);;;/q;;;;;;3*+2/p-6. The van der Waals surface area contributed by atoms with Gasteiger partial charge in [0.2, 0.25) is 0 Å². The van der Waals surface area contributed by atoms with Crippen LogP contribution in [0.15, 0.2) is 0 Å². The van der Waals surface area contributed by atoms with Gasteiger partial charge in [0.15, 0.2) is 0 Å². The maximum absolute atomic E-state index is 9.43. The van der Waals surface area contributed by atoms with Crippen molar-refractivity contribution in [3.8, 4) is 0 Å². The van der Waals surface area contributed by atoms with Crippen LogP contribution in [0.2, 0.25) is 0 Å². The van der Waals surface area contributed by atoms with Crippen molar-refractivity contribution < 1.29 is 59.4 Å². The monoisotopic (exact) mass is 532 g/mol. The molecule has 0 heterocycles. The number of carbonyl (C=O) groups excluding carboxylic acids is 6. The average molecular weight is 533 g/mol. The molecule has 0 radical (unpaired) electrons. The molecule has 0 saturated carbocycles. The number of likely N-dealkylation sites (N-methyl/N-ethyl adjacent to an activating group) is 2. The van der Waals surface area contributed by atoms with Gasteiger partial charge < -0.3 is 70.0 Å². The Labute approximate surface area is 270 Å². The Morgan fingerprint density at radius 3 is 0.581 bits per heavy atom. The summed E-state index contributed by atoms with van der Waals surface area (Å²) in [7, 11) is 3.10. The van der Waals surface area contributed by atoms with Crippen LogP contribution in [-0.2, 0) is 28.8 Å². The Kier molecular flexibility index (Phi) is 97.9. The zero-order valence-corrected chi connectivity index (χ0v) is 25.1. The molecule has 0 aliphatic heterocycles. The van der Waals surface area contributed by atoms with E-state index in [0.717, 1.165) is 27.7 Å². The number of carboxylic acid groups (broad SMARTS) is 6. The van der Waals surface area contributed by atoms with Crippen LogP contribution in [0.25, 0.3) is 0 Å². The largest absolute Gasteiger partial charge is 2.00 e. The minimum atomic E-state index is -1.08. The summed E-state index contributed by atoms with van der Waals surface area (Å²) in [5, 5.41) is 59.2. The first-order valence-electron chi connectivity index (χ1n) is 6.86. The van der Waals surface area contributed by atoms with Crippen molar-refractivity contribution in [2.75, 3.05) is 27.2 Å².